The molecule has 0 amide bonds. The zero-order valence-corrected chi connectivity index (χ0v) is 23.7. The Morgan fingerprint density at radius 1 is 0.488 bits per heavy atom. The van der Waals surface area contributed by atoms with Gasteiger partial charge in [-0.1, -0.05) is 109 Å². The fourth-order valence-electron chi connectivity index (χ4n) is 6.95. The zero-order chi connectivity index (χ0) is 28.1. The summed E-state index contributed by atoms with van der Waals surface area (Å²) in [5.41, 5.74) is 8.90. The maximum atomic E-state index is 5.31. The number of fused-ring (bicyclic) bond motifs is 10. The topological polar surface area (TPSA) is 35.6 Å². The molecule has 9 aromatic rings. The van der Waals surface area contributed by atoms with Gasteiger partial charge in [0.25, 0.3) is 0 Å². The predicted molar refractivity (Wildman–Crippen MR) is 178 cm³/mol. The number of hydrogen-bond donors (Lipinski definition) is 0. The molecular formula is C38H22N4S. The Balaban J connectivity index is 1.40. The SMILES string of the molecule is c1ccc(-c2nc(-n3c4ccccc4c4c5c6ccccc6n6c5c(cc43)Sc3ccccc3-6)nc3ccccc23)cc1. The maximum absolute atomic E-state index is 5.31. The molecule has 0 unspecified atom stereocenters. The highest BCUT2D eigenvalue weighted by molar-refractivity contribution is 7.99. The summed E-state index contributed by atoms with van der Waals surface area (Å²) in [5, 5.41) is 6.03. The lowest BCUT2D eigenvalue weighted by Crippen LogP contribution is -2.04. The van der Waals surface area contributed by atoms with Crippen molar-refractivity contribution in [3.63, 3.8) is 0 Å². The number of hydrogen-bond acceptors (Lipinski definition) is 3. The third-order valence-corrected chi connectivity index (χ3v) is 9.80. The minimum atomic E-state index is 0.681. The molecule has 0 bridgehead atoms. The Morgan fingerprint density at radius 3 is 1.98 bits per heavy atom. The van der Waals surface area contributed by atoms with Crippen molar-refractivity contribution in [2.75, 3.05) is 0 Å². The van der Waals surface area contributed by atoms with Gasteiger partial charge in [-0.15, -0.1) is 0 Å². The summed E-state index contributed by atoms with van der Waals surface area (Å²) in [6, 6.07) is 47.3. The van der Waals surface area contributed by atoms with Gasteiger partial charge in [-0.05, 0) is 36.4 Å². The van der Waals surface area contributed by atoms with Crippen LogP contribution in [0.2, 0.25) is 0 Å². The third kappa shape index (κ3) is 3.12. The largest absolute Gasteiger partial charge is 0.307 e. The van der Waals surface area contributed by atoms with Crippen molar-refractivity contribution in [2.45, 2.75) is 9.79 Å². The van der Waals surface area contributed by atoms with Gasteiger partial charge < -0.3 is 4.57 Å². The van der Waals surface area contributed by atoms with Crippen LogP contribution in [0, 0.1) is 0 Å². The van der Waals surface area contributed by atoms with Gasteiger partial charge in [-0.2, -0.15) is 0 Å². The molecule has 1 aliphatic heterocycles. The minimum absolute atomic E-state index is 0.681. The molecule has 3 aromatic heterocycles. The van der Waals surface area contributed by atoms with E-state index in [1.165, 1.54) is 48.1 Å². The van der Waals surface area contributed by atoms with Gasteiger partial charge in [0.15, 0.2) is 0 Å². The first kappa shape index (κ1) is 23.2. The van der Waals surface area contributed by atoms with Gasteiger partial charge in [0.1, 0.15) is 0 Å². The Labute approximate surface area is 250 Å². The van der Waals surface area contributed by atoms with Crippen LogP contribution in [0.15, 0.2) is 143 Å². The van der Waals surface area contributed by atoms with E-state index in [-0.39, 0.29) is 0 Å². The van der Waals surface area contributed by atoms with Gasteiger partial charge in [-0.25, -0.2) is 9.97 Å². The molecular weight excluding hydrogens is 545 g/mol. The van der Waals surface area contributed by atoms with Crippen LogP contribution < -0.4 is 0 Å². The molecule has 0 spiro atoms. The summed E-state index contributed by atoms with van der Waals surface area (Å²) in [7, 11) is 0. The molecule has 0 N–H and O–H groups in total. The van der Waals surface area contributed by atoms with Crippen LogP contribution in [0.1, 0.15) is 0 Å². The van der Waals surface area contributed by atoms with Crippen molar-refractivity contribution in [2.24, 2.45) is 0 Å². The average molecular weight is 567 g/mol. The van der Waals surface area contributed by atoms with Crippen molar-refractivity contribution in [1.82, 2.24) is 19.1 Å². The highest BCUT2D eigenvalue weighted by Crippen LogP contribution is 2.51. The third-order valence-electron chi connectivity index (χ3n) is 8.70. The quantitative estimate of drug-likeness (QED) is 0.209. The van der Waals surface area contributed by atoms with Crippen LogP contribution in [-0.2, 0) is 0 Å². The maximum Gasteiger partial charge on any atom is 0.235 e. The second-order valence-corrected chi connectivity index (χ2v) is 12.1. The molecule has 1 aliphatic rings. The molecule has 200 valence electrons. The molecule has 4 nitrogen and oxygen atoms in total. The van der Waals surface area contributed by atoms with Gasteiger partial charge in [0.2, 0.25) is 5.95 Å². The van der Waals surface area contributed by atoms with Crippen LogP contribution in [0.3, 0.4) is 0 Å². The van der Waals surface area contributed by atoms with Crippen molar-refractivity contribution in [1.29, 1.82) is 0 Å². The van der Waals surface area contributed by atoms with Crippen LogP contribution in [0.4, 0.5) is 0 Å². The molecule has 0 radical (unpaired) electrons. The Morgan fingerprint density at radius 2 is 1.14 bits per heavy atom. The van der Waals surface area contributed by atoms with E-state index in [0.717, 1.165) is 33.2 Å². The van der Waals surface area contributed by atoms with Crippen LogP contribution >= 0.6 is 11.8 Å². The van der Waals surface area contributed by atoms with E-state index in [2.05, 4.69) is 137 Å². The van der Waals surface area contributed by atoms with Crippen LogP contribution in [-0.4, -0.2) is 19.1 Å². The van der Waals surface area contributed by atoms with Crippen LogP contribution in [0.5, 0.6) is 0 Å². The predicted octanol–water partition coefficient (Wildman–Crippen LogP) is 9.96. The van der Waals surface area contributed by atoms with Crippen molar-refractivity contribution in [3.8, 4) is 22.9 Å². The lowest BCUT2D eigenvalue weighted by atomic mass is 10.1. The summed E-state index contributed by atoms with van der Waals surface area (Å²) in [4.78, 5) is 13.0. The summed E-state index contributed by atoms with van der Waals surface area (Å²) in [5.74, 6) is 0.681. The van der Waals surface area contributed by atoms with Gasteiger partial charge in [-0.3, -0.25) is 4.57 Å². The fourth-order valence-corrected chi connectivity index (χ4v) is 8.06. The zero-order valence-electron chi connectivity index (χ0n) is 22.9. The molecule has 5 heteroatoms. The molecule has 0 atom stereocenters. The molecule has 4 heterocycles. The van der Waals surface area contributed by atoms with E-state index in [1.54, 1.807) is 0 Å². The first-order valence-electron chi connectivity index (χ1n) is 14.4. The van der Waals surface area contributed by atoms with E-state index < -0.39 is 0 Å². The highest BCUT2D eigenvalue weighted by Gasteiger charge is 2.28. The van der Waals surface area contributed by atoms with E-state index in [1.807, 2.05) is 17.8 Å². The molecule has 43 heavy (non-hydrogen) atoms. The first-order chi connectivity index (χ1) is 21.3. The molecule has 0 fully saturated rings. The number of benzene rings is 6. The Kier molecular flexibility index (Phi) is 4.62. The summed E-state index contributed by atoms with van der Waals surface area (Å²) >= 11 is 1.85. The normalized spacial score (nSPS) is 12.6. The molecule has 0 saturated heterocycles. The molecule has 0 aliphatic carbocycles. The Hall–Kier alpha value is -5.39. The first-order valence-corrected chi connectivity index (χ1v) is 15.3. The monoisotopic (exact) mass is 566 g/mol. The summed E-state index contributed by atoms with van der Waals surface area (Å²) < 4.78 is 4.73. The van der Waals surface area contributed by atoms with Gasteiger partial charge in [0.05, 0.1) is 39.0 Å². The smallest absolute Gasteiger partial charge is 0.235 e. The highest BCUT2D eigenvalue weighted by atomic mass is 32.2. The van der Waals surface area contributed by atoms with E-state index in [0.29, 0.717) is 5.95 Å². The summed E-state index contributed by atoms with van der Waals surface area (Å²) in [6.07, 6.45) is 0. The van der Waals surface area contributed by atoms with Gasteiger partial charge in [0, 0.05) is 42.3 Å². The summed E-state index contributed by atoms with van der Waals surface area (Å²) in [6.45, 7) is 0. The van der Waals surface area contributed by atoms with E-state index >= 15 is 0 Å². The fraction of sp³-hybridized carbons (Fsp3) is 0. The van der Waals surface area contributed by atoms with Crippen molar-refractivity contribution in [3.05, 3.63) is 133 Å². The second kappa shape index (κ2) is 8.57. The second-order valence-electron chi connectivity index (χ2n) is 11.0. The minimum Gasteiger partial charge on any atom is -0.307 e. The average Bonchev–Trinajstić information content (AvgIpc) is 3.59. The van der Waals surface area contributed by atoms with Crippen molar-refractivity contribution < 1.29 is 0 Å². The number of rotatable bonds is 2. The van der Waals surface area contributed by atoms with Gasteiger partial charge >= 0.3 is 0 Å². The number of nitrogens with zero attached hydrogens (tertiary/aromatic N) is 4. The van der Waals surface area contributed by atoms with Crippen LogP contribution in [0.25, 0.3) is 77.4 Å². The van der Waals surface area contributed by atoms with E-state index in [4.69, 9.17) is 9.97 Å². The molecule has 6 aromatic carbocycles. The lowest BCUT2D eigenvalue weighted by Gasteiger charge is -2.20. The number of aromatic nitrogens is 4. The Bertz CT molecular complexity index is 2590. The standard InChI is InChI=1S/C38H22N4S/c1-2-12-23(13-3-1)36-24-14-4-7-17-27(24)39-38(40-36)42-29-19-9-5-15-25(29)34-31(42)22-33-37-35(34)26-16-6-8-18-28(26)41(37)30-20-10-11-21-32(30)43-33/h1-22H. The molecule has 0 saturated carbocycles. The molecule has 10 rings (SSSR count). The lowest BCUT2D eigenvalue weighted by molar-refractivity contribution is 1.01. The van der Waals surface area contributed by atoms with E-state index in [9.17, 15) is 0 Å². The number of para-hydroxylation sites is 4. The van der Waals surface area contributed by atoms with Crippen molar-refractivity contribution >= 4 is 66.3 Å².